The van der Waals surface area contributed by atoms with Crippen molar-refractivity contribution in [1.82, 2.24) is 0 Å². The highest BCUT2D eigenvalue weighted by atomic mass is 16.5. The predicted octanol–water partition coefficient (Wildman–Crippen LogP) is 1.43. The molecule has 0 bridgehead atoms. The second-order valence-corrected chi connectivity index (χ2v) is 3.14. The lowest BCUT2D eigenvalue weighted by Crippen LogP contribution is -2.02. The van der Waals surface area contributed by atoms with Crippen molar-refractivity contribution >= 4 is 5.76 Å². The quantitative estimate of drug-likeness (QED) is 0.770. The molecule has 0 spiro atoms. The van der Waals surface area contributed by atoms with Gasteiger partial charge in [0.2, 0.25) is 0 Å². The van der Waals surface area contributed by atoms with Gasteiger partial charge in [-0.2, -0.15) is 0 Å². The topological polar surface area (TPSA) is 38.7 Å². The van der Waals surface area contributed by atoms with Gasteiger partial charge in [-0.3, -0.25) is 0 Å². The highest BCUT2D eigenvalue weighted by molar-refractivity contribution is 5.62. The highest BCUT2D eigenvalue weighted by Crippen LogP contribution is 2.23. The molecule has 1 aromatic carbocycles. The smallest absolute Gasteiger partial charge is 0.125 e. The Morgan fingerprint density at radius 2 is 2.07 bits per heavy atom. The molecule has 0 amide bonds. The van der Waals surface area contributed by atoms with Crippen molar-refractivity contribution in [2.24, 2.45) is 0 Å². The summed E-state index contributed by atoms with van der Waals surface area (Å²) in [4.78, 5) is 0. The number of ether oxygens (including phenoxy) is 2. The molecule has 1 aromatic rings. The molecule has 3 heteroatoms. The Morgan fingerprint density at radius 1 is 1.36 bits per heavy atom. The SMILES string of the molecule is COc1ccc(C2=CC(O)CO2)cc1. The Kier molecular flexibility index (Phi) is 2.41. The Balaban J connectivity index is 2.21. The van der Waals surface area contributed by atoms with Crippen LogP contribution in [-0.4, -0.2) is 24.9 Å². The van der Waals surface area contributed by atoms with E-state index in [1.807, 2.05) is 24.3 Å². The zero-order valence-electron chi connectivity index (χ0n) is 7.93. The van der Waals surface area contributed by atoms with E-state index >= 15 is 0 Å². The van der Waals surface area contributed by atoms with E-state index in [-0.39, 0.29) is 0 Å². The number of benzene rings is 1. The minimum Gasteiger partial charge on any atom is -0.497 e. The van der Waals surface area contributed by atoms with Crippen molar-refractivity contribution in [3.05, 3.63) is 35.9 Å². The van der Waals surface area contributed by atoms with E-state index < -0.39 is 6.10 Å². The first-order valence-electron chi connectivity index (χ1n) is 4.46. The first kappa shape index (κ1) is 9.09. The van der Waals surface area contributed by atoms with E-state index in [0.717, 1.165) is 17.1 Å². The molecule has 0 fully saturated rings. The lowest BCUT2D eigenvalue weighted by molar-refractivity contribution is 0.154. The second kappa shape index (κ2) is 3.72. The van der Waals surface area contributed by atoms with E-state index in [4.69, 9.17) is 9.47 Å². The third-order valence-corrected chi connectivity index (χ3v) is 2.13. The summed E-state index contributed by atoms with van der Waals surface area (Å²) in [6.45, 7) is 0.349. The van der Waals surface area contributed by atoms with Gasteiger partial charge in [-0.15, -0.1) is 0 Å². The molecular weight excluding hydrogens is 180 g/mol. The minimum absolute atomic E-state index is 0.349. The number of hydrogen-bond donors (Lipinski definition) is 1. The van der Waals surface area contributed by atoms with Gasteiger partial charge >= 0.3 is 0 Å². The van der Waals surface area contributed by atoms with Gasteiger partial charge in [-0.25, -0.2) is 0 Å². The summed E-state index contributed by atoms with van der Waals surface area (Å²) in [7, 11) is 1.63. The predicted molar refractivity (Wildman–Crippen MR) is 52.9 cm³/mol. The fourth-order valence-electron chi connectivity index (χ4n) is 1.38. The zero-order chi connectivity index (χ0) is 9.97. The van der Waals surface area contributed by atoms with Crippen LogP contribution in [0.1, 0.15) is 5.56 Å². The summed E-state index contributed by atoms with van der Waals surface area (Å²) in [6, 6.07) is 7.54. The molecule has 1 aliphatic heterocycles. The van der Waals surface area contributed by atoms with E-state index in [9.17, 15) is 5.11 Å². The van der Waals surface area contributed by atoms with Gasteiger partial charge in [-0.05, 0) is 30.3 Å². The summed E-state index contributed by atoms with van der Waals surface area (Å²) >= 11 is 0. The van der Waals surface area contributed by atoms with Crippen molar-refractivity contribution in [3.63, 3.8) is 0 Å². The van der Waals surface area contributed by atoms with Crippen molar-refractivity contribution in [1.29, 1.82) is 0 Å². The summed E-state index contributed by atoms with van der Waals surface area (Å²) in [5.41, 5.74) is 0.961. The monoisotopic (exact) mass is 192 g/mol. The molecule has 2 rings (SSSR count). The van der Waals surface area contributed by atoms with Crippen LogP contribution in [0.4, 0.5) is 0 Å². The third-order valence-electron chi connectivity index (χ3n) is 2.13. The summed E-state index contributed by atoms with van der Waals surface area (Å²) < 4.78 is 10.3. The minimum atomic E-state index is -0.480. The number of aliphatic hydroxyl groups excluding tert-OH is 1. The van der Waals surface area contributed by atoms with Gasteiger partial charge in [0.05, 0.1) is 7.11 Å². The lowest BCUT2D eigenvalue weighted by atomic mass is 10.1. The molecule has 0 aromatic heterocycles. The van der Waals surface area contributed by atoms with Gasteiger partial charge < -0.3 is 14.6 Å². The van der Waals surface area contributed by atoms with Gasteiger partial charge in [0.15, 0.2) is 0 Å². The standard InChI is InChI=1S/C11H12O3/c1-13-10-4-2-8(3-5-10)11-6-9(12)7-14-11/h2-6,9,12H,7H2,1H3. The first-order chi connectivity index (χ1) is 6.79. The van der Waals surface area contributed by atoms with Gasteiger partial charge in [0.25, 0.3) is 0 Å². The molecule has 0 saturated heterocycles. The fourth-order valence-corrected chi connectivity index (χ4v) is 1.38. The molecule has 1 unspecified atom stereocenters. The molecule has 3 nitrogen and oxygen atoms in total. The summed E-state index contributed by atoms with van der Waals surface area (Å²) in [5.74, 6) is 1.55. The largest absolute Gasteiger partial charge is 0.497 e. The zero-order valence-corrected chi connectivity index (χ0v) is 7.93. The normalized spacial score (nSPS) is 20.1. The number of hydrogen-bond acceptors (Lipinski definition) is 3. The van der Waals surface area contributed by atoms with E-state index in [1.54, 1.807) is 13.2 Å². The van der Waals surface area contributed by atoms with Crippen LogP contribution in [-0.2, 0) is 4.74 Å². The molecule has 1 atom stereocenters. The fraction of sp³-hybridized carbons (Fsp3) is 0.273. The summed E-state index contributed by atoms with van der Waals surface area (Å²) in [6.07, 6.45) is 1.23. The number of methoxy groups -OCH3 is 1. The van der Waals surface area contributed by atoms with Crippen LogP contribution in [0.5, 0.6) is 5.75 Å². The Morgan fingerprint density at radius 3 is 2.57 bits per heavy atom. The maximum atomic E-state index is 9.24. The van der Waals surface area contributed by atoms with E-state index in [2.05, 4.69) is 0 Å². The highest BCUT2D eigenvalue weighted by Gasteiger charge is 2.15. The van der Waals surface area contributed by atoms with Crippen molar-refractivity contribution in [2.45, 2.75) is 6.10 Å². The lowest BCUT2D eigenvalue weighted by Gasteiger charge is -2.04. The van der Waals surface area contributed by atoms with Crippen LogP contribution >= 0.6 is 0 Å². The Labute approximate surface area is 82.6 Å². The van der Waals surface area contributed by atoms with Crippen LogP contribution in [0.25, 0.3) is 5.76 Å². The van der Waals surface area contributed by atoms with Gasteiger partial charge in [0.1, 0.15) is 24.2 Å². The molecule has 0 saturated carbocycles. The maximum absolute atomic E-state index is 9.24. The molecule has 0 aliphatic carbocycles. The average molecular weight is 192 g/mol. The van der Waals surface area contributed by atoms with Crippen LogP contribution in [0.3, 0.4) is 0 Å². The van der Waals surface area contributed by atoms with Crippen LogP contribution in [0.15, 0.2) is 30.3 Å². The molecule has 1 N–H and O–H groups in total. The average Bonchev–Trinajstić information content (AvgIpc) is 2.65. The molecule has 74 valence electrons. The molecule has 1 aliphatic rings. The first-order valence-corrected chi connectivity index (χ1v) is 4.46. The van der Waals surface area contributed by atoms with Crippen molar-refractivity contribution in [3.8, 4) is 5.75 Å². The third kappa shape index (κ3) is 1.72. The van der Waals surface area contributed by atoms with E-state index in [1.165, 1.54) is 0 Å². The second-order valence-electron chi connectivity index (χ2n) is 3.14. The van der Waals surface area contributed by atoms with Gasteiger partial charge in [-0.1, -0.05) is 0 Å². The molecular formula is C11H12O3. The maximum Gasteiger partial charge on any atom is 0.125 e. The number of rotatable bonds is 2. The number of aliphatic hydroxyl groups is 1. The Bertz CT molecular complexity index is 340. The van der Waals surface area contributed by atoms with Crippen LogP contribution in [0, 0.1) is 0 Å². The summed E-state index contributed by atoms with van der Waals surface area (Å²) in [5, 5.41) is 9.24. The van der Waals surface area contributed by atoms with Gasteiger partial charge in [0, 0.05) is 5.56 Å². The Hall–Kier alpha value is -1.48. The molecule has 0 radical (unpaired) electrons. The molecule has 14 heavy (non-hydrogen) atoms. The van der Waals surface area contributed by atoms with Crippen LogP contribution in [0.2, 0.25) is 0 Å². The van der Waals surface area contributed by atoms with Crippen molar-refractivity contribution in [2.75, 3.05) is 13.7 Å². The van der Waals surface area contributed by atoms with Crippen molar-refractivity contribution < 1.29 is 14.6 Å². The molecule has 1 heterocycles. The van der Waals surface area contributed by atoms with E-state index in [0.29, 0.717) is 6.61 Å². The van der Waals surface area contributed by atoms with Crippen LogP contribution < -0.4 is 4.74 Å².